The van der Waals surface area contributed by atoms with Crippen molar-refractivity contribution in [2.24, 2.45) is 7.05 Å². The number of aryl methyl sites for hydroxylation is 1. The number of carbonyl (C=O) groups excluding carboxylic acids is 2. The van der Waals surface area contributed by atoms with Gasteiger partial charge < -0.3 is 25.1 Å². The molecule has 1 aliphatic carbocycles. The minimum absolute atomic E-state index is 0.108. The van der Waals surface area contributed by atoms with E-state index in [4.69, 9.17) is 14.5 Å². The molecule has 6 aromatic rings. The van der Waals surface area contributed by atoms with Gasteiger partial charge in [-0.2, -0.15) is 5.10 Å². The van der Waals surface area contributed by atoms with Crippen LogP contribution in [0.25, 0.3) is 55.4 Å². The predicted octanol–water partition coefficient (Wildman–Crippen LogP) is 5.31. The van der Waals surface area contributed by atoms with Gasteiger partial charge in [0.05, 0.1) is 53.7 Å². The van der Waals surface area contributed by atoms with Crippen LogP contribution in [0.1, 0.15) is 55.6 Å². The summed E-state index contributed by atoms with van der Waals surface area (Å²) in [6, 6.07) is 13.7. The van der Waals surface area contributed by atoms with Crippen LogP contribution >= 0.6 is 0 Å². The normalized spacial score (nSPS) is 16.3. The lowest BCUT2D eigenvalue weighted by Crippen LogP contribution is -2.33. The largest absolute Gasteiger partial charge is 0.453 e. The fraction of sp³-hybridized carbons (Fsp3) is 0.361. The number of ether oxygens (including phenoxy) is 2. The van der Waals surface area contributed by atoms with E-state index in [-0.39, 0.29) is 29.7 Å². The second kappa shape index (κ2) is 12.9. The number of aromatic nitrogens is 6. The number of carbonyl (C=O) groups is 2. The molecule has 1 saturated carbocycles. The Bertz CT molecular complexity index is 2260. The van der Waals surface area contributed by atoms with Gasteiger partial charge in [0.15, 0.2) is 0 Å². The maximum atomic E-state index is 14.0. The summed E-state index contributed by atoms with van der Waals surface area (Å²) in [4.78, 5) is 47.2. The van der Waals surface area contributed by atoms with Crippen molar-refractivity contribution in [3.05, 3.63) is 70.9 Å². The van der Waals surface area contributed by atoms with Gasteiger partial charge in [-0.1, -0.05) is 18.2 Å². The zero-order chi connectivity index (χ0) is 34.4. The van der Waals surface area contributed by atoms with Gasteiger partial charge in [-0.05, 0) is 68.5 Å². The predicted molar refractivity (Wildman–Crippen MR) is 188 cm³/mol. The average Bonchev–Trinajstić information content (AvgIpc) is 3.88. The number of fused-ring (bicyclic) bond motifs is 4. The molecule has 7 rings (SSSR count). The Morgan fingerprint density at radius 2 is 1.82 bits per heavy atom. The molecular weight excluding hydrogens is 624 g/mol. The molecule has 0 unspecified atom stereocenters. The van der Waals surface area contributed by atoms with Crippen LogP contribution in [0.3, 0.4) is 0 Å². The van der Waals surface area contributed by atoms with E-state index >= 15 is 0 Å². The molecule has 0 aliphatic heterocycles. The topological polar surface area (TPSA) is 150 Å². The molecule has 0 saturated heterocycles. The molecule has 1 fully saturated rings. The number of pyridine rings is 1. The highest BCUT2D eigenvalue weighted by Crippen LogP contribution is 2.43. The molecule has 0 radical (unpaired) electrons. The Morgan fingerprint density at radius 1 is 1.04 bits per heavy atom. The van der Waals surface area contributed by atoms with Gasteiger partial charge in [0.25, 0.3) is 5.91 Å². The van der Waals surface area contributed by atoms with Crippen LogP contribution in [0, 0.1) is 0 Å². The quantitative estimate of drug-likeness (QED) is 0.177. The molecule has 2 atom stereocenters. The summed E-state index contributed by atoms with van der Waals surface area (Å²) < 4.78 is 15.4. The van der Waals surface area contributed by atoms with Crippen molar-refractivity contribution in [3.8, 4) is 22.4 Å². The molecule has 254 valence electrons. The zero-order valence-electron chi connectivity index (χ0n) is 28.2. The Morgan fingerprint density at radius 3 is 2.55 bits per heavy atom. The van der Waals surface area contributed by atoms with Gasteiger partial charge in [0.2, 0.25) is 0 Å². The number of alkyl carbamates (subject to hydrolysis) is 1. The van der Waals surface area contributed by atoms with Crippen LogP contribution in [0.15, 0.2) is 59.7 Å². The molecule has 2 aromatic carbocycles. The number of hydrogen-bond donors (Lipinski definition) is 3. The van der Waals surface area contributed by atoms with Gasteiger partial charge in [0, 0.05) is 55.3 Å². The molecule has 3 N–H and O–H groups in total. The van der Waals surface area contributed by atoms with Gasteiger partial charge in [-0.25, -0.2) is 14.6 Å². The van der Waals surface area contributed by atoms with Crippen LogP contribution in [0.5, 0.6) is 0 Å². The highest BCUT2D eigenvalue weighted by molar-refractivity contribution is 6.15. The van der Waals surface area contributed by atoms with Crippen LogP contribution < -0.4 is 16.3 Å². The number of benzene rings is 2. The molecule has 1 aliphatic rings. The summed E-state index contributed by atoms with van der Waals surface area (Å²) in [6.45, 7) is 5.05. The summed E-state index contributed by atoms with van der Waals surface area (Å²) in [5.41, 5.74) is 7.07. The van der Waals surface area contributed by atoms with Crippen molar-refractivity contribution in [1.82, 2.24) is 39.5 Å². The van der Waals surface area contributed by atoms with Gasteiger partial charge >= 0.3 is 11.8 Å². The van der Waals surface area contributed by atoms with E-state index in [1.165, 1.54) is 7.11 Å². The molecule has 13 heteroatoms. The second-order valence-electron chi connectivity index (χ2n) is 12.9. The summed E-state index contributed by atoms with van der Waals surface area (Å²) in [5, 5.41) is 12.2. The maximum Gasteiger partial charge on any atom is 0.407 e. The van der Waals surface area contributed by atoms with Crippen molar-refractivity contribution in [2.45, 2.75) is 51.2 Å². The van der Waals surface area contributed by atoms with E-state index in [0.717, 1.165) is 57.0 Å². The van der Waals surface area contributed by atoms with Crippen molar-refractivity contribution < 1.29 is 19.1 Å². The van der Waals surface area contributed by atoms with Crippen LogP contribution in [-0.2, 0) is 16.5 Å². The molecule has 13 nitrogen and oxygen atoms in total. The smallest absolute Gasteiger partial charge is 0.407 e. The molecule has 2 amide bonds. The van der Waals surface area contributed by atoms with Crippen molar-refractivity contribution in [3.63, 3.8) is 0 Å². The summed E-state index contributed by atoms with van der Waals surface area (Å²) in [7, 11) is 4.71. The van der Waals surface area contributed by atoms with E-state index in [0.29, 0.717) is 36.3 Å². The minimum atomic E-state index is -0.477. The molecule has 4 aromatic heterocycles. The lowest BCUT2D eigenvalue weighted by atomic mass is 9.96. The van der Waals surface area contributed by atoms with Crippen molar-refractivity contribution >= 4 is 45.0 Å². The van der Waals surface area contributed by atoms with Crippen LogP contribution in [0.4, 0.5) is 4.79 Å². The lowest BCUT2D eigenvalue weighted by molar-refractivity contribution is 0.0937. The summed E-state index contributed by atoms with van der Waals surface area (Å²) >= 11 is 0. The number of imidazole rings is 1. The average molecular weight is 665 g/mol. The van der Waals surface area contributed by atoms with Crippen molar-refractivity contribution in [2.75, 3.05) is 27.4 Å². The molecule has 4 heterocycles. The number of amides is 2. The zero-order valence-corrected chi connectivity index (χ0v) is 28.2. The monoisotopic (exact) mass is 664 g/mol. The number of aromatic amines is 1. The third-order valence-corrected chi connectivity index (χ3v) is 9.55. The number of H-pyrrole nitrogens is 1. The first kappa shape index (κ1) is 32.1. The fourth-order valence-electron chi connectivity index (χ4n) is 7.15. The number of nitrogens with zero attached hydrogens (tertiary/aromatic N) is 5. The highest BCUT2D eigenvalue weighted by Gasteiger charge is 2.32. The fourth-order valence-corrected chi connectivity index (χ4v) is 7.15. The minimum Gasteiger partial charge on any atom is -0.453 e. The molecular formula is C36H40N8O5. The number of methoxy groups -OCH3 is 2. The molecule has 0 bridgehead atoms. The molecule has 0 spiro atoms. The number of hydrogen-bond acceptors (Lipinski definition) is 7. The van der Waals surface area contributed by atoms with Gasteiger partial charge in [-0.15, -0.1) is 0 Å². The Kier molecular flexibility index (Phi) is 8.45. The lowest BCUT2D eigenvalue weighted by Gasteiger charge is -2.15. The number of rotatable bonds is 9. The first-order valence-electron chi connectivity index (χ1n) is 16.5. The SMILES string of the molecule is COCCNC(=O)c1ccc(-c2[nH]c3ncc4c(c3c2-c2ccc3c(cnn3C(C)C)c2)n([C@@H]2CC[C@@H](NC(=O)OC)C2)c(=O)n4C)cc1. The second-order valence-corrected chi connectivity index (χ2v) is 12.9. The van der Waals surface area contributed by atoms with Crippen molar-refractivity contribution in [1.29, 1.82) is 0 Å². The first-order valence-corrected chi connectivity index (χ1v) is 16.5. The highest BCUT2D eigenvalue weighted by atomic mass is 16.5. The van der Waals surface area contributed by atoms with Crippen LogP contribution in [-0.4, -0.2) is 74.3 Å². The van der Waals surface area contributed by atoms with E-state index in [2.05, 4.69) is 52.8 Å². The third-order valence-electron chi connectivity index (χ3n) is 9.55. The summed E-state index contributed by atoms with van der Waals surface area (Å²) in [6.07, 6.45) is 5.18. The Labute approximate surface area is 282 Å². The van der Waals surface area contributed by atoms with E-state index < -0.39 is 6.09 Å². The van der Waals surface area contributed by atoms with Gasteiger partial charge in [0.1, 0.15) is 5.65 Å². The summed E-state index contributed by atoms with van der Waals surface area (Å²) in [5.74, 6) is -0.179. The van der Waals surface area contributed by atoms with E-state index in [1.807, 2.05) is 27.6 Å². The van der Waals surface area contributed by atoms with Gasteiger partial charge in [-0.3, -0.25) is 18.6 Å². The van der Waals surface area contributed by atoms with E-state index in [9.17, 15) is 14.4 Å². The molecule has 49 heavy (non-hydrogen) atoms. The number of nitrogens with one attached hydrogen (secondary N) is 3. The Hall–Kier alpha value is -5.43. The standard InChI is InChI=1S/C36H40N8O5/c1-20(2)44-27-13-10-23(16-24(27)18-39-44)29-30-32-28(42(3)36(47)43(32)26-12-11-25(17-26)40-35(46)49-5)19-38-33(30)41-31(29)21-6-8-22(9-7-21)34(45)37-14-15-48-4/h6-10,13,16,18-20,25-26H,11-12,14-15,17H2,1-5H3,(H,37,45)(H,38,41)(H,40,46)/t25-,26-/m1/s1. The van der Waals surface area contributed by atoms with Crippen LogP contribution in [0.2, 0.25) is 0 Å². The third kappa shape index (κ3) is 5.63. The maximum absolute atomic E-state index is 14.0. The first-order chi connectivity index (χ1) is 23.7. The van der Waals surface area contributed by atoms with E-state index in [1.54, 1.807) is 37.1 Å². The Balaban J connectivity index is 1.43.